The van der Waals surface area contributed by atoms with Crippen LogP contribution in [0.1, 0.15) is 12.8 Å². The van der Waals surface area contributed by atoms with Gasteiger partial charge in [0.25, 0.3) is 6.43 Å². The van der Waals surface area contributed by atoms with Gasteiger partial charge in [0.15, 0.2) is 0 Å². The Morgan fingerprint density at radius 2 is 1.69 bits per heavy atom. The minimum absolute atomic E-state index is 0.0473. The number of halogens is 2. The molecule has 2 rings (SSSR count). The highest BCUT2D eigenvalue weighted by molar-refractivity contribution is 4.82. The predicted molar refractivity (Wildman–Crippen MR) is 59.9 cm³/mol. The lowest BCUT2D eigenvalue weighted by atomic mass is 10.0. The Bertz CT molecular complexity index is 199. The van der Waals surface area contributed by atoms with Crippen LogP contribution in [0.25, 0.3) is 0 Å². The minimum Gasteiger partial charge on any atom is -0.314 e. The topological polar surface area (TPSA) is 18.5 Å². The lowest BCUT2D eigenvalue weighted by molar-refractivity contribution is 0.0499. The zero-order valence-electron chi connectivity index (χ0n) is 9.67. The molecule has 3 nitrogen and oxygen atoms in total. The van der Waals surface area contributed by atoms with Gasteiger partial charge in [-0.2, -0.15) is 0 Å². The monoisotopic (exact) mass is 233 g/mol. The lowest BCUT2D eigenvalue weighted by Gasteiger charge is -2.40. The number of rotatable bonds is 3. The van der Waals surface area contributed by atoms with E-state index in [1.165, 1.54) is 0 Å². The van der Waals surface area contributed by atoms with Crippen LogP contribution in [0.2, 0.25) is 0 Å². The van der Waals surface area contributed by atoms with E-state index in [1.807, 2.05) is 4.90 Å². The number of nitrogens with one attached hydrogen (secondary N) is 1. The van der Waals surface area contributed by atoms with Crippen molar-refractivity contribution < 1.29 is 8.78 Å². The van der Waals surface area contributed by atoms with Gasteiger partial charge in [-0.05, 0) is 25.9 Å². The molecule has 0 unspecified atom stereocenters. The van der Waals surface area contributed by atoms with E-state index < -0.39 is 6.43 Å². The van der Waals surface area contributed by atoms with E-state index >= 15 is 0 Å². The van der Waals surface area contributed by atoms with Crippen LogP contribution in [0.5, 0.6) is 0 Å². The molecule has 0 aliphatic carbocycles. The Kier molecular flexibility index (Phi) is 4.49. The van der Waals surface area contributed by atoms with E-state index in [0.29, 0.717) is 6.04 Å². The average Bonchev–Trinajstić information content (AvgIpc) is 2.30. The molecule has 0 atom stereocenters. The average molecular weight is 233 g/mol. The normalized spacial score (nSPS) is 26.4. The van der Waals surface area contributed by atoms with Gasteiger partial charge in [-0.15, -0.1) is 0 Å². The predicted octanol–water partition coefficient (Wildman–Crippen LogP) is 0.621. The number of nitrogens with zero attached hydrogens (tertiary/aromatic N) is 2. The number of likely N-dealkylation sites (tertiary alicyclic amines) is 1. The number of piperazine rings is 1. The Morgan fingerprint density at radius 1 is 1.06 bits per heavy atom. The van der Waals surface area contributed by atoms with Crippen LogP contribution in [0.3, 0.4) is 0 Å². The van der Waals surface area contributed by atoms with Crippen molar-refractivity contribution in [1.29, 1.82) is 0 Å². The van der Waals surface area contributed by atoms with Crippen molar-refractivity contribution >= 4 is 0 Å². The molecule has 2 heterocycles. The number of alkyl halides is 2. The zero-order valence-corrected chi connectivity index (χ0v) is 9.67. The van der Waals surface area contributed by atoms with Gasteiger partial charge < -0.3 is 5.32 Å². The third-order valence-electron chi connectivity index (χ3n) is 3.62. The molecule has 0 aromatic carbocycles. The van der Waals surface area contributed by atoms with Gasteiger partial charge in [0.1, 0.15) is 0 Å². The van der Waals surface area contributed by atoms with Gasteiger partial charge in [-0.3, -0.25) is 9.80 Å². The first-order valence-corrected chi connectivity index (χ1v) is 6.21. The van der Waals surface area contributed by atoms with Gasteiger partial charge in [0, 0.05) is 32.2 Å². The molecule has 2 aliphatic heterocycles. The first-order valence-electron chi connectivity index (χ1n) is 6.21. The van der Waals surface area contributed by atoms with Crippen LogP contribution in [0, 0.1) is 0 Å². The van der Waals surface area contributed by atoms with Crippen molar-refractivity contribution in [3.05, 3.63) is 0 Å². The van der Waals surface area contributed by atoms with Crippen LogP contribution in [0.4, 0.5) is 8.78 Å². The van der Waals surface area contributed by atoms with Crippen molar-refractivity contribution in [2.45, 2.75) is 25.3 Å². The van der Waals surface area contributed by atoms with Gasteiger partial charge in [-0.25, -0.2) is 8.78 Å². The van der Waals surface area contributed by atoms with E-state index in [1.54, 1.807) is 0 Å². The summed E-state index contributed by atoms with van der Waals surface area (Å²) in [6, 6.07) is 0.621. The fourth-order valence-electron chi connectivity index (χ4n) is 2.71. The highest BCUT2D eigenvalue weighted by Gasteiger charge is 2.26. The molecule has 0 amide bonds. The molecule has 2 saturated heterocycles. The molecule has 0 aromatic rings. The van der Waals surface area contributed by atoms with Crippen LogP contribution in [0.15, 0.2) is 0 Å². The Labute approximate surface area is 95.8 Å². The van der Waals surface area contributed by atoms with E-state index in [4.69, 9.17) is 0 Å². The Hall–Kier alpha value is -0.260. The molecule has 16 heavy (non-hydrogen) atoms. The number of piperidine rings is 1. The van der Waals surface area contributed by atoms with Crippen molar-refractivity contribution in [3.8, 4) is 0 Å². The summed E-state index contributed by atoms with van der Waals surface area (Å²) in [5, 5.41) is 3.34. The summed E-state index contributed by atoms with van der Waals surface area (Å²) < 4.78 is 24.4. The molecule has 0 bridgehead atoms. The number of hydrogen-bond acceptors (Lipinski definition) is 3. The van der Waals surface area contributed by atoms with Crippen molar-refractivity contribution in [3.63, 3.8) is 0 Å². The molecule has 0 radical (unpaired) electrons. The van der Waals surface area contributed by atoms with E-state index in [9.17, 15) is 8.78 Å². The van der Waals surface area contributed by atoms with Crippen molar-refractivity contribution in [2.24, 2.45) is 0 Å². The maximum absolute atomic E-state index is 12.2. The van der Waals surface area contributed by atoms with Gasteiger partial charge >= 0.3 is 0 Å². The van der Waals surface area contributed by atoms with Crippen LogP contribution >= 0.6 is 0 Å². The van der Waals surface area contributed by atoms with Gasteiger partial charge in [-0.1, -0.05) is 0 Å². The molecule has 2 fully saturated rings. The van der Waals surface area contributed by atoms with E-state index in [-0.39, 0.29) is 6.54 Å². The summed E-state index contributed by atoms with van der Waals surface area (Å²) in [6.07, 6.45) is -0.0878. The third-order valence-corrected chi connectivity index (χ3v) is 3.62. The fraction of sp³-hybridized carbons (Fsp3) is 1.00. The van der Waals surface area contributed by atoms with Gasteiger partial charge in [0.05, 0.1) is 6.54 Å². The van der Waals surface area contributed by atoms with Crippen LogP contribution in [-0.2, 0) is 0 Å². The van der Waals surface area contributed by atoms with E-state index in [2.05, 4.69) is 10.2 Å². The highest BCUT2D eigenvalue weighted by atomic mass is 19.3. The smallest absolute Gasteiger partial charge is 0.251 e. The molecule has 2 aliphatic rings. The molecule has 94 valence electrons. The third kappa shape index (κ3) is 3.37. The second kappa shape index (κ2) is 5.89. The van der Waals surface area contributed by atoms with Crippen LogP contribution in [-0.4, -0.2) is 68.1 Å². The highest BCUT2D eigenvalue weighted by Crippen LogP contribution is 2.17. The first kappa shape index (κ1) is 12.2. The Morgan fingerprint density at radius 3 is 2.25 bits per heavy atom. The number of hydrogen-bond donors (Lipinski definition) is 1. The standard InChI is InChI=1S/C11H21F2N3/c12-11(13)9-15-5-1-10(2-6-15)16-7-3-14-4-8-16/h10-11,14H,1-9H2. The first-order chi connectivity index (χ1) is 7.75. The molecule has 0 spiro atoms. The fourth-order valence-corrected chi connectivity index (χ4v) is 2.71. The molecular weight excluding hydrogens is 212 g/mol. The maximum Gasteiger partial charge on any atom is 0.251 e. The van der Waals surface area contributed by atoms with Gasteiger partial charge in [0.2, 0.25) is 0 Å². The summed E-state index contributed by atoms with van der Waals surface area (Å²) >= 11 is 0. The molecule has 0 saturated carbocycles. The lowest BCUT2D eigenvalue weighted by Crippen LogP contribution is -2.52. The summed E-state index contributed by atoms with van der Waals surface area (Å²) in [4.78, 5) is 4.40. The van der Waals surface area contributed by atoms with Crippen molar-refractivity contribution in [1.82, 2.24) is 15.1 Å². The molecule has 1 N–H and O–H groups in total. The second-order valence-electron chi connectivity index (χ2n) is 4.71. The molecule has 5 heteroatoms. The molecular formula is C11H21F2N3. The quantitative estimate of drug-likeness (QED) is 0.771. The van der Waals surface area contributed by atoms with Crippen LogP contribution < -0.4 is 5.32 Å². The summed E-state index contributed by atoms with van der Waals surface area (Å²) in [7, 11) is 0. The zero-order chi connectivity index (χ0) is 11.4. The largest absolute Gasteiger partial charge is 0.314 e. The molecule has 0 aromatic heterocycles. The SMILES string of the molecule is FC(F)CN1CCC(N2CCNCC2)CC1. The summed E-state index contributed by atoms with van der Waals surface area (Å²) in [5.41, 5.74) is 0. The maximum atomic E-state index is 12.2. The second-order valence-corrected chi connectivity index (χ2v) is 4.71. The summed E-state index contributed by atoms with van der Waals surface area (Å²) in [5.74, 6) is 0. The van der Waals surface area contributed by atoms with E-state index in [0.717, 1.165) is 52.1 Å². The minimum atomic E-state index is -2.18. The summed E-state index contributed by atoms with van der Waals surface area (Å²) in [6.45, 7) is 5.97. The van der Waals surface area contributed by atoms with Crippen molar-refractivity contribution in [2.75, 3.05) is 45.8 Å². The Balaban J connectivity index is 1.71.